The second kappa shape index (κ2) is 8.11. The van der Waals surface area contributed by atoms with E-state index in [1.807, 2.05) is 0 Å². The van der Waals surface area contributed by atoms with Gasteiger partial charge in [0.1, 0.15) is 11.9 Å². The Morgan fingerprint density at radius 3 is 2.62 bits per heavy atom. The van der Waals surface area contributed by atoms with E-state index in [1.54, 1.807) is 31.2 Å². The van der Waals surface area contributed by atoms with Gasteiger partial charge in [-0.15, -0.1) is 0 Å². The van der Waals surface area contributed by atoms with Gasteiger partial charge in [0.05, 0.1) is 11.2 Å². The van der Waals surface area contributed by atoms with Crippen LogP contribution in [0.3, 0.4) is 0 Å². The highest BCUT2D eigenvalue weighted by Gasteiger charge is 2.16. The summed E-state index contributed by atoms with van der Waals surface area (Å²) in [6.45, 7) is 2.02. The topological polar surface area (TPSA) is 118 Å². The minimum absolute atomic E-state index is 0.00346. The Kier molecular flexibility index (Phi) is 5.91. The smallest absolute Gasteiger partial charge is 0.315 e. The average Bonchev–Trinajstić information content (AvgIpc) is 3.07. The maximum absolute atomic E-state index is 11.8. The zero-order valence-corrected chi connectivity index (χ0v) is 13.1. The van der Waals surface area contributed by atoms with Crippen LogP contribution in [0.25, 0.3) is 0 Å². The molecule has 2 rings (SSSR count). The van der Waals surface area contributed by atoms with Crippen molar-refractivity contribution in [1.82, 2.24) is 10.6 Å². The van der Waals surface area contributed by atoms with Crippen molar-refractivity contribution in [2.75, 3.05) is 0 Å². The summed E-state index contributed by atoms with van der Waals surface area (Å²) in [6.07, 6.45) is 1.01. The first-order valence-electron chi connectivity index (χ1n) is 7.45. The second-order valence-electron chi connectivity index (χ2n) is 5.42. The molecule has 0 fully saturated rings. The number of rotatable bonds is 7. The number of hydrogen-bond acceptors (Lipinski definition) is 5. The minimum atomic E-state index is -0.787. The third-order valence-corrected chi connectivity index (χ3v) is 3.43. The standard InChI is InChI=1S/C16H19N3O5/c1-11(9-14(20)15-3-2-8-24-15)18-16(21)17-10-12-4-6-13(7-5-12)19(22)23/h2-8,11,14,20H,9-10H2,1H3,(H2,17,18,21). The molecule has 2 amide bonds. The number of nitrogens with one attached hydrogen (secondary N) is 2. The Morgan fingerprint density at radius 2 is 2.04 bits per heavy atom. The molecule has 0 saturated carbocycles. The number of benzene rings is 1. The molecule has 2 unspecified atom stereocenters. The summed E-state index contributed by atoms with van der Waals surface area (Å²) in [5.41, 5.74) is 0.753. The summed E-state index contributed by atoms with van der Waals surface area (Å²) < 4.78 is 5.11. The van der Waals surface area contributed by atoms with Crippen molar-refractivity contribution < 1.29 is 19.2 Å². The maximum atomic E-state index is 11.8. The van der Waals surface area contributed by atoms with Gasteiger partial charge in [0.25, 0.3) is 5.69 Å². The van der Waals surface area contributed by atoms with E-state index in [-0.39, 0.29) is 24.3 Å². The van der Waals surface area contributed by atoms with E-state index in [2.05, 4.69) is 10.6 Å². The molecule has 0 aliphatic carbocycles. The first-order chi connectivity index (χ1) is 11.5. The molecule has 0 bridgehead atoms. The minimum Gasteiger partial charge on any atom is -0.467 e. The molecule has 0 radical (unpaired) electrons. The lowest BCUT2D eigenvalue weighted by atomic mass is 10.1. The van der Waals surface area contributed by atoms with Crippen LogP contribution in [0, 0.1) is 10.1 Å². The molecule has 0 aliphatic rings. The van der Waals surface area contributed by atoms with Crippen LogP contribution in [0.2, 0.25) is 0 Å². The largest absolute Gasteiger partial charge is 0.467 e. The lowest BCUT2D eigenvalue weighted by Gasteiger charge is -2.17. The Hall–Kier alpha value is -2.87. The molecule has 1 aromatic heterocycles. The summed E-state index contributed by atoms with van der Waals surface area (Å²) in [5.74, 6) is 0.454. The van der Waals surface area contributed by atoms with Crippen molar-refractivity contribution in [2.24, 2.45) is 0 Å². The van der Waals surface area contributed by atoms with Crippen LogP contribution in [-0.4, -0.2) is 22.1 Å². The van der Waals surface area contributed by atoms with Gasteiger partial charge in [-0.05, 0) is 24.6 Å². The molecule has 24 heavy (non-hydrogen) atoms. The highest BCUT2D eigenvalue weighted by atomic mass is 16.6. The van der Waals surface area contributed by atoms with Crippen molar-refractivity contribution in [1.29, 1.82) is 0 Å². The van der Waals surface area contributed by atoms with E-state index >= 15 is 0 Å². The lowest BCUT2D eigenvalue weighted by molar-refractivity contribution is -0.384. The van der Waals surface area contributed by atoms with Gasteiger partial charge in [-0.3, -0.25) is 10.1 Å². The van der Waals surface area contributed by atoms with Gasteiger partial charge in [0.2, 0.25) is 0 Å². The van der Waals surface area contributed by atoms with Gasteiger partial charge < -0.3 is 20.2 Å². The molecule has 8 heteroatoms. The summed E-state index contributed by atoms with van der Waals surface area (Å²) in [6, 6.07) is 8.66. The van der Waals surface area contributed by atoms with Gasteiger partial charge in [-0.2, -0.15) is 0 Å². The van der Waals surface area contributed by atoms with Crippen LogP contribution in [0.4, 0.5) is 10.5 Å². The van der Waals surface area contributed by atoms with Crippen LogP contribution in [0.5, 0.6) is 0 Å². The first-order valence-corrected chi connectivity index (χ1v) is 7.45. The van der Waals surface area contributed by atoms with Crippen LogP contribution >= 0.6 is 0 Å². The Labute approximate surface area is 138 Å². The van der Waals surface area contributed by atoms with E-state index < -0.39 is 11.0 Å². The zero-order valence-electron chi connectivity index (χ0n) is 13.1. The van der Waals surface area contributed by atoms with Gasteiger partial charge in [-0.25, -0.2) is 4.79 Å². The molecular weight excluding hydrogens is 314 g/mol. The van der Waals surface area contributed by atoms with Crippen molar-refractivity contribution in [3.05, 3.63) is 64.1 Å². The average molecular weight is 333 g/mol. The van der Waals surface area contributed by atoms with Crippen LogP contribution < -0.4 is 10.6 Å². The van der Waals surface area contributed by atoms with Crippen LogP contribution in [0.1, 0.15) is 30.8 Å². The van der Waals surface area contributed by atoms with Crippen molar-refractivity contribution in [3.8, 4) is 0 Å². The molecule has 8 nitrogen and oxygen atoms in total. The molecule has 0 spiro atoms. The summed E-state index contributed by atoms with van der Waals surface area (Å²) in [4.78, 5) is 21.9. The van der Waals surface area contributed by atoms with Crippen LogP contribution in [-0.2, 0) is 6.54 Å². The highest BCUT2D eigenvalue weighted by Crippen LogP contribution is 2.18. The normalized spacial score (nSPS) is 13.1. The van der Waals surface area contributed by atoms with E-state index in [0.29, 0.717) is 12.2 Å². The van der Waals surface area contributed by atoms with Gasteiger partial charge in [-0.1, -0.05) is 12.1 Å². The fraction of sp³-hybridized carbons (Fsp3) is 0.312. The van der Waals surface area contributed by atoms with Crippen molar-refractivity contribution in [3.63, 3.8) is 0 Å². The number of nitrogens with zero attached hydrogens (tertiary/aromatic N) is 1. The predicted octanol–water partition coefficient (Wildman–Crippen LogP) is 2.50. The highest BCUT2D eigenvalue weighted by molar-refractivity contribution is 5.74. The molecule has 2 aromatic rings. The number of carbonyl (C=O) groups is 1. The van der Waals surface area contributed by atoms with Crippen molar-refractivity contribution in [2.45, 2.75) is 32.0 Å². The Balaban J connectivity index is 1.75. The molecule has 0 aliphatic heterocycles. The molecule has 3 N–H and O–H groups in total. The molecule has 0 saturated heterocycles. The molecule has 128 valence electrons. The SMILES string of the molecule is CC(CC(O)c1ccco1)NC(=O)NCc1ccc([N+](=O)[O-])cc1. The predicted molar refractivity (Wildman–Crippen MR) is 86.2 cm³/mol. The number of non-ortho nitro benzene ring substituents is 1. The number of urea groups is 1. The third-order valence-electron chi connectivity index (χ3n) is 3.43. The summed E-state index contributed by atoms with van der Waals surface area (Å²) in [5, 5.41) is 25.9. The first kappa shape index (κ1) is 17.5. The fourth-order valence-electron chi connectivity index (χ4n) is 2.18. The quantitative estimate of drug-likeness (QED) is 0.531. The van der Waals surface area contributed by atoms with E-state index in [0.717, 1.165) is 5.56 Å². The number of carbonyl (C=O) groups excluding carboxylic acids is 1. The monoisotopic (exact) mass is 333 g/mol. The van der Waals surface area contributed by atoms with Gasteiger partial charge in [0.15, 0.2) is 0 Å². The molecule has 1 aromatic carbocycles. The maximum Gasteiger partial charge on any atom is 0.315 e. The van der Waals surface area contributed by atoms with Gasteiger partial charge in [0, 0.05) is 31.1 Å². The number of nitro groups is 1. The Bertz CT molecular complexity index is 670. The number of amides is 2. The molecule has 1 heterocycles. The van der Waals surface area contributed by atoms with Crippen molar-refractivity contribution >= 4 is 11.7 Å². The number of hydrogen-bond donors (Lipinski definition) is 3. The number of furan rings is 1. The van der Waals surface area contributed by atoms with E-state index in [9.17, 15) is 20.0 Å². The fourth-order valence-corrected chi connectivity index (χ4v) is 2.18. The number of aliphatic hydroxyl groups excluding tert-OH is 1. The molecule has 2 atom stereocenters. The Morgan fingerprint density at radius 1 is 1.33 bits per heavy atom. The van der Waals surface area contributed by atoms with Gasteiger partial charge >= 0.3 is 6.03 Å². The number of aliphatic hydroxyl groups is 1. The van der Waals surface area contributed by atoms with E-state index in [4.69, 9.17) is 4.42 Å². The van der Waals surface area contributed by atoms with E-state index in [1.165, 1.54) is 18.4 Å². The summed E-state index contributed by atoms with van der Waals surface area (Å²) >= 11 is 0. The number of nitro benzene ring substituents is 1. The molecular formula is C16H19N3O5. The van der Waals surface area contributed by atoms with Crippen LogP contribution in [0.15, 0.2) is 47.1 Å². The summed E-state index contributed by atoms with van der Waals surface area (Å²) in [7, 11) is 0. The zero-order chi connectivity index (χ0) is 17.5. The lowest BCUT2D eigenvalue weighted by Crippen LogP contribution is -2.41. The third kappa shape index (κ3) is 5.10. The second-order valence-corrected chi connectivity index (χ2v) is 5.42.